The Morgan fingerprint density at radius 3 is 2.81 bits per heavy atom. The van der Waals surface area contributed by atoms with Crippen molar-refractivity contribution in [3.63, 3.8) is 0 Å². The number of rotatable bonds is 5. The van der Waals surface area contributed by atoms with Gasteiger partial charge in [-0.05, 0) is 49.6 Å². The standard InChI is InChI=1S/C23H24N4O3S/c1-15-7-3-4-11-19(15)24-20(28)22-26-25-21(31-22)17-9-6-12-27(14-17)23(29)16-8-5-10-18(13-16)30-2/h3-5,7-8,10-11,13,17H,6,9,12,14H2,1-2H3,(H,24,28)/t17-/m1/s1. The van der Waals surface area contributed by atoms with Crippen molar-refractivity contribution in [1.82, 2.24) is 15.1 Å². The number of amides is 2. The highest BCUT2D eigenvalue weighted by molar-refractivity contribution is 7.13. The van der Waals surface area contributed by atoms with Gasteiger partial charge in [0.05, 0.1) is 7.11 Å². The number of piperidine rings is 1. The zero-order valence-corrected chi connectivity index (χ0v) is 18.3. The van der Waals surface area contributed by atoms with E-state index in [1.807, 2.05) is 48.2 Å². The number of methoxy groups -OCH3 is 1. The van der Waals surface area contributed by atoms with Crippen LogP contribution in [0.1, 0.15) is 49.5 Å². The molecular weight excluding hydrogens is 412 g/mol. The number of hydrogen-bond donors (Lipinski definition) is 1. The van der Waals surface area contributed by atoms with E-state index in [-0.39, 0.29) is 17.7 Å². The summed E-state index contributed by atoms with van der Waals surface area (Å²) in [6.07, 6.45) is 1.79. The molecule has 1 fully saturated rings. The largest absolute Gasteiger partial charge is 0.497 e. The van der Waals surface area contributed by atoms with E-state index >= 15 is 0 Å². The zero-order chi connectivity index (χ0) is 21.8. The maximum Gasteiger partial charge on any atom is 0.286 e. The summed E-state index contributed by atoms with van der Waals surface area (Å²) >= 11 is 1.30. The van der Waals surface area contributed by atoms with E-state index in [1.54, 1.807) is 19.2 Å². The highest BCUT2D eigenvalue weighted by atomic mass is 32.1. The molecule has 1 atom stereocenters. The molecule has 2 amide bonds. The highest BCUT2D eigenvalue weighted by Gasteiger charge is 2.28. The van der Waals surface area contributed by atoms with E-state index in [0.29, 0.717) is 29.4 Å². The summed E-state index contributed by atoms with van der Waals surface area (Å²) in [4.78, 5) is 27.4. The Labute approximate surface area is 185 Å². The average molecular weight is 437 g/mol. The summed E-state index contributed by atoms with van der Waals surface area (Å²) in [5, 5.41) is 12.4. The van der Waals surface area contributed by atoms with Crippen molar-refractivity contribution in [3.8, 4) is 5.75 Å². The first kappa shape index (κ1) is 21.0. The van der Waals surface area contributed by atoms with Crippen molar-refractivity contribution in [3.05, 3.63) is 69.7 Å². The molecule has 3 aromatic rings. The number of carbonyl (C=O) groups excluding carboxylic acids is 2. The highest BCUT2D eigenvalue weighted by Crippen LogP contribution is 2.30. The minimum atomic E-state index is -0.266. The summed E-state index contributed by atoms with van der Waals surface area (Å²) < 4.78 is 5.23. The van der Waals surface area contributed by atoms with E-state index in [4.69, 9.17) is 4.74 Å². The molecule has 2 aromatic carbocycles. The van der Waals surface area contributed by atoms with Gasteiger partial charge in [0, 0.05) is 30.3 Å². The number of ether oxygens (including phenoxy) is 1. The van der Waals surface area contributed by atoms with Gasteiger partial charge in [-0.25, -0.2) is 0 Å². The van der Waals surface area contributed by atoms with Crippen LogP contribution in [-0.4, -0.2) is 47.1 Å². The van der Waals surface area contributed by atoms with Crippen molar-refractivity contribution < 1.29 is 14.3 Å². The Balaban J connectivity index is 1.44. The lowest BCUT2D eigenvalue weighted by atomic mass is 9.98. The summed E-state index contributed by atoms with van der Waals surface area (Å²) in [6.45, 7) is 3.20. The van der Waals surface area contributed by atoms with Gasteiger partial charge in [-0.3, -0.25) is 9.59 Å². The third kappa shape index (κ3) is 4.74. The number of anilines is 1. The first-order valence-electron chi connectivity index (χ1n) is 10.2. The summed E-state index contributed by atoms with van der Waals surface area (Å²) in [5.41, 5.74) is 2.35. The lowest BCUT2D eigenvalue weighted by Gasteiger charge is -2.31. The van der Waals surface area contributed by atoms with Crippen molar-refractivity contribution >= 4 is 28.8 Å². The van der Waals surface area contributed by atoms with Gasteiger partial charge < -0.3 is 15.0 Å². The molecule has 0 spiro atoms. The Kier molecular flexibility index (Phi) is 6.27. The Morgan fingerprint density at radius 2 is 2.00 bits per heavy atom. The molecule has 1 N–H and O–H groups in total. The predicted octanol–water partition coefficient (Wildman–Crippen LogP) is 4.13. The zero-order valence-electron chi connectivity index (χ0n) is 17.5. The third-order valence-electron chi connectivity index (χ3n) is 5.40. The lowest BCUT2D eigenvalue weighted by Crippen LogP contribution is -2.39. The maximum absolute atomic E-state index is 13.0. The van der Waals surface area contributed by atoms with E-state index in [0.717, 1.165) is 29.1 Å². The number of para-hydroxylation sites is 1. The van der Waals surface area contributed by atoms with Crippen molar-refractivity contribution in [2.45, 2.75) is 25.7 Å². The van der Waals surface area contributed by atoms with Gasteiger partial charge in [0.1, 0.15) is 10.8 Å². The van der Waals surface area contributed by atoms with E-state index in [1.165, 1.54) is 11.3 Å². The van der Waals surface area contributed by atoms with Crippen LogP contribution in [0.25, 0.3) is 0 Å². The van der Waals surface area contributed by atoms with E-state index in [9.17, 15) is 9.59 Å². The molecule has 1 aliphatic heterocycles. The number of aryl methyl sites for hydroxylation is 1. The van der Waals surface area contributed by atoms with Gasteiger partial charge in [0.15, 0.2) is 0 Å². The molecule has 1 aliphatic rings. The Hall–Kier alpha value is -3.26. The number of likely N-dealkylation sites (tertiary alicyclic amines) is 1. The molecule has 1 aromatic heterocycles. The number of hydrogen-bond acceptors (Lipinski definition) is 6. The number of nitrogens with one attached hydrogen (secondary N) is 1. The smallest absolute Gasteiger partial charge is 0.286 e. The molecule has 0 unspecified atom stereocenters. The number of benzene rings is 2. The van der Waals surface area contributed by atoms with Crippen LogP contribution >= 0.6 is 11.3 Å². The van der Waals surface area contributed by atoms with Crippen LogP contribution < -0.4 is 10.1 Å². The summed E-state index contributed by atoms with van der Waals surface area (Å²) in [7, 11) is 1.59. The van der Waals surface area contributed by atoms with Crippen molar-refractivity contribution in [2.24, 2.45) is 0 Å². The second-order valence-electron chi connectivity index (χ2n) is 7.54. The predicted molar refractivity (Wildman–Crippen MR) is 120 cm³/mol. The van der Waals surface area contributed by atoms with Crippen LogP contribution in [0.3, 0.4) is 0 Å². The molecule has 1 saturated heterocycles. The summed E-state index contributed by atoms with van der Waals surface area (Å²) in [6, 6.07) is 14.8. The number of aromatic nitrogens is 2. The van der Waals surface area contributed by atoms with Crippen molar-refractivity contribution in [1.29, 1.82) is 0 Å². The molecule has 0 saturated carbocycles. The summed E-state index contributed by atoms with van der Waals surface area (Å²) in [5.74, 6) is 0.442. The van der Waals surface area contributed by atoms with Gasteiger partial charge in [-0.2, -0.15) is 0 Å². The fourth-order valence-electron chi connectivity index (χ4n) is 3.68. The number of nitrogens with zero attached hydrogens (tertiary/aromatic N) is 3. The first-order chi connectivity index (χ1) is 15.0. The molecule has 7 nitrogen and oxygen atoms in total. The molecule has 4 rings (SSSR count). The topological polar surface area (TPSA) is 84.4 Å². The number of carbonyl (C=O) groups is 2. The quantitative estimate of drug-likeness (QED) is 0.650. The molecule has 0 radical (unpaired) electrons. The van der Waals surface area contributed by atoms with E-state index < -0.39 is 0 Å². The van der Waals surface area contributed by atoms with Gasteiger partial charge in [0.25, 0.3) is 11.8 Å². The van der Waals surface area contributed by atoms with Gasteiger partial charge in [-0.1, -0.05) is 35.6 Å². The lowest BCUT2D eigenvalue weighted by molar-refractivity contribution is 0.0706. The van der Waals surface area contributed by atoms with Gasteiger partial charge in [0.2, 0.25) is 5.01 Å². The van der Waals surface area contributed by atoms with Crippen LogP contribution in [0, 0.1) is 6.92 Å². The molecule has 160 valence electrons. The van der Waals surface area contributed by atoms with Crippen LogP contribution in [0.5, 0.6) is 5.75 Å². The minimum Gasteiger partial charge on any atom is -0.497 e. The van der Waals surface area contributed by atoms with Crippen molar-refractivity contribution in [2.75, 3.05) is 25.5 Å². The fourth-order valence-corrected chi connectivity index (χ4v) is 4.55. The maximum atomic E-state index is 13.0. The van der Waals surface area contributed by atoms with Gasteiger partial charge in [-0.15, -0.1) is 10.2 Å². The second-order valence-corrected chi connectivity index (χ2v) is 8.55. The third-order valence-corrected chi connectivity index (χ3v) is 6.49. The first-order valence-corrected chi connectivity index (χ1v) is 11.0. The Bertz CT molecular complexity index is 1100. The fraction of sp³-hybridized carbons (Fsp3) is 0.304. The van der Waals surface area contributed by atoms with Gasteiger partial charge >= 0.3 is 0 Å². The molecule has 2 heterocycles. The minimum absolute atomic E-state index is 0.0226. The molecular formula is C23H24N4O3S. The average Bonchev–Trinajstić information content (AvgIpc) is 3.31. The molecule has 0 aliphatic carbocycles. The monoisotopic (exact) mass is 436 g/mol. The Morgan fingerprint density at radius 1 is 1.16 bits per heavy atom. The van der Waals surface area contributed by atoms with Crippen LogP contribution in [0.2, 0.25) is 0 Å². The van der Waals surface area contributed by atoms with Crippen LogP contribution in [-0.2, 0) is 0 Å². The second kappa shape index (κ2) is 9.26. The molecule has 31 heavy (non-hydrogen) atoms. The van der Waals surface area contributed by atoms with Crippen LogP contribution in [0.4, 0.5) is 5.69 Å². The van der Waals surface area contributed by atoms with Crippen LogP contribution in [0.15, 0.2) is 48.5 Å². The van der Waals surface area contributed by atoms with E-state index in [2.05, 4.69) is 15.5 Å². The molecule has 8 heteroatoms. The SMILES string of the molecule is COc1cccc(C(=O)N2CCC[C@@H](c3nnc(C(=O)Nc4ccccc4C)s3)C2)c1. The normalized spacial score (nSPS) is 16.1. The molecule has 0 bridgehead atoms.